The normalized spacial score (nSPS) is 22.7. The molecule has 0 atom stereocenters. The highest BCUT2D eigenvalue weighted by Gasteiger charge is 2.41. The zero-order valence-corrected chi connectivity index (χ0v) is 17.3. The number of unbranched alkanes of at least 4 members (excludes halogenated alkanes) is 2. The van der Waals surface area contributed by atoms with E-state index < -0.39 is 11.8 Å². The third-order valence-electron chi connectivity index (χ3n) is 4.89. The molecule has 1 heterocycles. The summed E-state index contributed by atoms with van der Waals surface area (Å²) in [4.78, 5) is 17.2. The molecule has 6 nitrogen and oxygen atoms in total. The minimum Gasteiger partial charge on any atom is -0.465 e. The number of benzene rings is 1. The summed E-state index contributed by atoms with van der Waals surface area (Å²) in [5.74, 6) is -1.48. The van der Waals surface area contributed by atoms with E-state index in [1.165, 1.54) is 7.11 Å². The molecular weight excluding hydrogens is 358 g/mol. The van der Waals surface area contributed by atoms with Crippen LogP contribution >= 0.6 is 0 Å². The molecule has 0 saturated carbocycles. The topological polar surface area (TPSA) is 66.4 Å². The number of hydrogen-bond acceptors (Lipinski definition) is 6. The Morgan fingerprint density at radius 3 is 2.54 bits per heavy atom. The van der Waals surface area contributed by atoms with Crippen LogP contribution in [0.3, 0.4) is 0 Å². The van der Waals surface area contributed by atoms with Gasteiger partial charge in [-0.25, -0.2) is 4.79 Å². The molecule has 0 spiro atoms. The monoisotopic (exact) mass is 391 g/mol. The first-order valence-electron chi connectivity index (χ1n) is 10.2. The van der Waals surface area contributed by atoms with Gasteiger partial charge >= 0.3 is 5.97 Å². The van der Waals surface area contributed by atoms with Crippen LogP contribution in [0.25, 0.3) is 0 Å². The number of rotatable bonds is 11. The van der Waals surface area contributed by atoms with Crippen LogP contribution in [0.15, 0.2) is 35.5 Å². The maximum absolute atomic E-state index is 11.6. The zero-order valence-electron chi connectivity index (χ0n) is 17.3. The van der Waals surface area contributed by atoms with E-state index in [9.17, 15) is 4.79 Å². The lowest BCUT2D eigenvalue weighted by molar-refractivity contribution is -0.272. The summed E-state index contributed by atoms with van der Waals surface area (Å²) in [6.07, 6.45) is 6.04. The molecule has 0 aliphatic carbocycles. The van der Waals surface area contributed by atoms with Crippen molar-refractivity contribution in [1.82, 2.24) is 0 Å². The van der Waals surface area contributed by atoms with Crippen LogP contribution in [-0.4, -0.2) is 44.4 Å². The quantitative estimate of drug-likeness (QED) is 0.243. The largest absolute Gasteiger partial charge is 0.465 e. The number of ether oxygens (including phenoxy) is 3. The highest BCUT2D eigenvalue weighted by molar-refractivity contribution is 6.00. The van der Waals surface area contributed by atoms with E-state index in [-0.39, 0.29) is 5.92 Å². The van der Waals surface area contributed by atoms with Gasteiger partial charge in [0.1, 0.15) is 6.61 Å². The average Bonchev–Trinajstić information content (AvgIpc) is 2.74. The van der Waals surface area contributed by atoms with E-state index in [1.807, 2.05) is 18.2 Å². The number of carbonyl (C=O) groups excluding carboxylic acids is 1. The van der Waals surface area contributed by atoms with Crippen LogP contribution in [0.1, 0.15) is 57.9 Å². The number of oxime groups is 1. The third-order valence-corrected chi connectivity index (χ3v) is 4.89. The molecule has 0 unspecified atom stereocenters. The van der Waals surface area contributed by atoms with Gasteiger partial charge in [-0.05, 0) is 37.7 Å². The summed E-state index contributed by atoms with van der Waals surface area (Å²) in [6.45, 7) is 5.37. The van der Waals surface area contributed by atoms with Crippen molar-refractivity contribution >= 4 is 11.7 Å². The van der Waals surface area contributed by atoms with E-state index >= 15 is 0 Å². The number of nitrogens with zero attached hydrogens (tertiary/aromatic N) is 1. The predicted molar refractivity (Wildman–Crippen MR) is 108 cm³/mol. The van der Waals surface area contributed by atoms with E-state index in [4.69, 9.17) is 19.0 Å². The van der Waals surface area contributed by atoms with Gasteiger partial charge in [-0.1, -0.05) is 48.8 Å². The molecule has 0 N–H and O–H groups in total. The third kappa shape index (κ3) is 6.91. The lowest BCUT2D eigenvalue weighted by Crippen LogP contribution is -2.48. The average molecular weight is 392 g/mol. The SMILES string of the molecule is CCCCC(=NOCCCCC1COC(C)(C(=O)OC)OC1)c1ccccc1. The summed E-state index contributed by atoms with van der Waals surface area (Å²) in [7, 11) is 1.33. The van der Waals surface area contributed by atoms with Crippen LogP contribution in [0.5, 0.6) is 0 Å². The van der Waals surface area contributed by atoms with Crippen LogP contribution in [-0.2, 0) is 23.8 Å². The summed E-state index contributed by atoms with van der Waals surface area (Å²) in [5, 5.41) is 4.38. The molecule has 1 aliphatic heterocycles. The molecular formula is C22H33NO5. The fourth-order valence-corrected chi connectivity index (χ4v) is 3.05. The summed E-state index contributed by atoms with van der Waals surface area (Å²) in [5.41, 5.74) is 2.14. The molecule has 0 aromatic heterocycles. The molecule has 6 heteroatoms. The summed E-state index contributed by atoms with van der Waals surface area (Å²) < 4.78 is 15.9. The maximum atomic E-state index is 11.6. The fraction of sp³-hybridized carbons (Fsp3) is 0.636. The Hall–Kier alpha value is -1.92. The smallest absolute Gasteiger partial charge is 0.366 e. The van der Waals surface area contributed by atoms with Crippen molar-refractivity contribution in [2.75, 3.05) is 26.9 Å². The minimum absolute atomic E-state index is 0.283. The molecule has 28 heavy (non-hydrogen) atoms. The van der Waals surface area contributed by atoms with E-state index in [1.54, 1.807) is 6.92 Å². The van der Waals surface area contributed by atoms with Crippen LogP contribution in [0.4, 0.5) is 0 Å². The second kappa shape index (κ2) is 11.8. The summed E-state index contributed by atoms with van der Waals surface area (Å²) >= 11 is 0. The molecule has 0 radical (unpaired) electrons. The van der Waals surface area contributed by atoms with Gasteiger partial charge in [-0.2, -0.15) is 0 Å². The van der Waals surface area contributed by atoms with Crippen LogP contribution in [0, 0.1) is 5.92 Å². The van der Waals surface area contributed by atoms with Crippen molar-refractivity contribution in [3.8, 4) is 0 Å². The van der Waals surface area contributed by atoms with Crippen molar-refractivity contribution in [2.24, 2.45) is 11.1 Å². The lowest BCUT2D eigenvalue weighted by Gasteiger charge is -2.35. The Balaban J connectivity index is 1.67. The van der Waals surface area contributed by atoms with E-state index in [0.717, 1.165) is 49.8 Å². The Kier molecular flexibility index (Phi) is 9.44. The highest BCUT2D eigenvalue weighted by atomic mass is 16.7. The second-order valence-corrected chi connectivity index (χ2v) is 7.26. The number of methoxy groups -OCH3 is 1. The van der Waals surface area contributed by atoms with Gasteiger partial charge in [0, 0.05) is 12.8 Å². The van der Waals surface area contributed by atoms with Gasteiger partial charge in [-0.3, -0.25) is 0 Å². The van der Waals surface area contributed by atoms with Crippen molar-refractivity contribution in [1.29, 1.82) is 0 Å². The van der Waals surface area contributed by atoms with Gasteiger partial charge in [0.05, 0.1) is 26.0 Å². The van der Waals surface area contributed by atoms with E-state index in [2.05, 4.69) is 24.2 Å². The van der Waals surface area contributed by atoms with Crippen LogP contribution in [0.2, 0.25) is 0 Å². The first-order valence-corrected chi connectivity index (χ1v) is 10.2. The van der Waals surface area contributed by atoms with Gasteiger partial charge in [0.15, 0.2) is 0 Å². The Morgan fingerprint density at radius 2 is 1.89 bits per heavy atom. The molecule has 1 fully saturated rings. The van der Waals surface area contributed by atoms with Crippen molar-refractivity contribution in [2.45, 2.75) is 58.2 Å². The maximum Gasteiger partial charge on any atom is 0.366 e. The molecule has 0 amide bonds. The summed E-state index contributed by atoms with van der Waals surface area (Å²) in [6, 6.07) is 10.2. The highest BCUT2D eigenvalue weighted by Crippen LogP contribution is 2.25. The number of hydrogen-bond donors (Lipinski definition) is 0. The standard InChI is InChI=1S/C22H33NO5/c1-4-5-14-20(19-12-7-6-8-13-19)23-28-15-10-9-11-18-16-26-22(2,27-17-18)21(24)25-3/h6-8,12-13,18H,4-5,9-11,14-17H2,1-3H3. The molecule has 156 valence electrons. The Morgan fingerprint density at radius 1 is 1.18 bits per heavy atom. The van der Waals surface area contributed by atoms with Crippen molar-refractivity contribution < 1.29 is 23.8 Å². The first kappa shape index (κ1) is 22.4. The molecule has 0 bridgehead atoms. The molecule has 2 rings (SSSR count). The molecule has 1 aromatic rings. The van der Waals surface area contributed by atoms with Gasteiger partial charge in [-0.15, -0.1) is 0 Å². The van der Waals surface area contributed by atoms with Gasteiger partial charge in [0.25, 0.3) is 5.79 Å². The zero-order chi connectivity index (χ0) is 20.2. The predicted octanol–water partition coefficient (Wildman–Crippen LogP) is 4.32. The van der Waals surface area contributed by atoms with Crippen LogP contribution < -0.4 is 0 Å². The fourth-order valence-electron chi connectivity index (χ4n) is 3.05. The molecule has 1 aliphatic rings. The molecule has 1 aromatic carbocycles. The number of carbonyl (C=O) groups is 1. The minimum atomic E-state index is -1.27. The van der Waals surface area contributed by atoms with Gasteiger partial charge in [0.2, 0.25) is 0 Å². The van der Waals surface area contributed by atoms with Crippen molar-refractivity contribution in [3.63, 3.8) is 0 Å². The number of esters is 1. The van der Waals surface area contributed by atoms with Gasteiger partial charge < -0.3 is 19.0 Å². The second-order valence-electron chi connectivity index (χ2n) is 7.26. The van der Waals surface area contributed by atoms with Crippen molar-refractivity contribution in [3.05, 3.63) is 35.9 Å². The van der Waals surface area contributed by atoms with E-state index in [0.29, 0.717) is 19.8 Å². The lowest BCUT2D eigenvalue weighted by atomic mass is 10.0. The first-order chi connectivity index (χ1) is 13.6. The molecule has 1 saturated heterocycles. The Bertz CT molecular complexity index is 609. The Labute approximate surface area is 168 Å².